The molecule has 0 amide bonds. The molecule has 0 saturated heterocycles. The van der Waals surface area contributed by atoms with E-state index >= 15 is 0 Å². The Morgan fingerprint density at radius 1 is 1.31 bits per heavy atom. The summed E-state index contributed by atoms with van der Waals surface area (Å²) in [5.74, 6) is 0. The summed E-state index contributed by atoms with van der Waals surface area (Å²) >= 11 is 3.33. The summed E-state index contributed by atoms with van der Waals surface area (Å²) in [5.41, 5.74) is 1.59. The van der Waals surface area contributed by atoms with Crippen LogP contribution >= 0.6 is 15.9 Å². The zero-order valence-corrected chi connectivity index (χ0v) is 11.1. The Balaban J connectivity index is 2.96. The van der Waals surface area contributed by atoms with Crippen molar-refractivity contribution in [2.24, 2.45) is 0 Å². The van der Waals surface area contributed by atoms with Crippen molar-refractivity contribution in [1.29, 1.82) is 0 Å². The molecule has 0 heterocycles. The lowest BCUT2D eigenvalue weighted by Gasteiger charge is -2.21. The normalized spacial score (nSPS) is 12.7. The number of rotatable bonds is 4. The van der Waals surface area contributed by atoms with Gasteiger partial charge in [0.1, 0.15) is 0 Å². The molecular weight excluding hydrogens is 278 g/mol. The fourth-order valence-electron chi connectivity index (χ4n) is 1.32. The average molecular weight is 293 g/mol. The highest BCUT2D eigenvalue weighted by Gasteiger charge is 2.16. The number of alkyl halides is 2. The van der Waals surface area contributed by atoms with E-state index in [1.807, 2.05) is 31.1 Å². The molecule has 0 aliphatic rings. The first-order chi connectivity index (χ1) is 7.41. The average Bonchev–Trinajstić information content (AvgIpc) is 2.16. The monoisotopic (exact) mass is 292 g/mol. The number of hydrogen-bond acceptors (Lipinski definition) is 2. The lowest BCUT2D eigenvalue weighted by atomic mass is 10.2. The predicted octanol–water partition coefficient (Wildman–Crippen LogP) is 3.58. The molecule has 1 aromatic carbocycles. The highest BCUT2D eigenvalue weighted by molar-refractivity contribution is 9.10. The van der Waals surface area contributed by atoms with Crippen LogP contribution < -0.4 is 10.2 Å². The van der Waals surface area contributed by atoms with Crippen LogP contribution in [0.2, 0.25) is 0 Å². The van der Waals surface area contributed by atoms with E-state index in [1.54, 1.807) is 6.07 Å². The van der Waals surface area contributed by atoms with Crippen LogP contribution in [0.15, 0.2) is 22.7 Å². The third-order valence-electron chi connectivity index (χ3n) is 2.20. The molecule has 2 nitrogen and oxygen atoms in total. The van der Waals surface area contributed by atoms with Gasteiger partial charge in [0.2, 0.25) is 0 Å². The SMILES string of the molecule is CC(Nc1cc(Br)ccc1N(C)C)C(F)F. The third kappa shape index (κ3) is 3.33. The Kier molecular flexibility index (Phi) is 4.53. The summed E-state index contributed by atoms with van der Waals surface area (Å²) in [4.78, 5) is 1.88. The van der Waals surface area contributed by atoms with Gasteiger partial charge in [-0.2, -0.15) is 0 Å². The molecular formula is C11H15BrF2N2. The Morgan fingerprint density at radius 2 is 1.94 bits per heavy atom. The van der Waals surface area contributed by atoms with Crippen molar-refractivity contribution in [1.82, 2.24) is 0 Å². The van der Waals surface area contributed by atoms with Gasteiger partial charge >= 0.3 is 0 Å². The maximum atomic E-state index is 12.5. The van der Waals surface area contributed by atoms with Crippen LogP contribution in [0.3, 0.4) is 0 Å². The number of hydrogen-bond donors (Lipinski definition) is 1. The minimum absolute atomic E-state index is 0.701. The first-order valence-electron chi connectivity index (χ1n) is 4.93. The number of nitrogens with zero attached hydrogens (tertiary/aromatic N) is 1. The minimum Gasteiger partial charge on any atom is -0.376 e. The maximum absolute atomic E-state index is 12.5. The second kappa shape index (κ2) is 5.48. The van der Waals surface area contributed by atoms with Crippen LogP contribution in [-0.4, -0.2) is 26.6 Å². The molecule has 0 saturated carbocycles. The van der Waals surface area contributed by atoms with E-state index in [4.69, 9.17) is 0 Å². The van der Waals surface area contributed by atoms with Crippen molar-refractivity contribution in [2.75, 3.05) is 24.3 Å². The molecule has 0 bridgehead atoms. The molecule has 90 valence electrons. The zero-order valence-electron chi connectivity index (χ0n) is 9.47. The maximum Gasteiger partial charge on any atom is 0.258 e. The molecule has 1 atom stereocenters. The van der Waals surface area contributed by atoms with Gasteiger partial charge in [-0.05, 0) is 25.1 Å². The number of benzene rings is 1. The van der Waals surface area contributed by atoms with Crippen LogP contribution in [0, 0.1) is 0 Å². The van der Waals surface area contributed by atoms with Crippen molar-refractivity contribution in [3.8, 4) is 0 Å². The van der Waals surface area contributed by atoms with Gasteiger partial charge in [-0.15, -0.1) is 0 Å². The van der Waals surface area contributed by atoms with Gasteiger partial charge in [-0.3, -0.25) is 0 Å². The topological polar surface area (TPSA) is 15.3 Å². The van der Waals surface area contributed by atoms with E-state index in [-0.39, 0.29) is 0 Å². The van der Waals surface area contributed by atoms with Gasteiger partial charge < -0.3 is 10.2 Å². The van der Waals surface area contributed by atoms with E-state index in [1.165, 1.54) is 6.92 Å². The number of nitrogens with one attached hydrogen (secondary N) is 1. The zero-order chi connectivity index (χ0) is 12.3. The Bertz CT molecular complexity index is 356. The smallest absolute Gasteiger partial charge is 0.258 e. The number of anilines is 2. The molecule has 0 fully saturated rings. The highest BCUT2D eigenvalue weighted by Crippen LogP contribution is 2.29. The van der Waals surface area contributed by atoms with Crippen molar-refractivity contribution in [2.45, 2.75) is 19.4 Å². The summed E-state index contributed by atoms with van der Waals surface area (Å²) in [7, 11) is 3.75. The molecule has 0 spiro atoms. The molecule has 5 heteroatoms. The number of halogens is 3. The standard InChI is InChI=1S/C11H15BrF2N2/c1-7(11(13)14)15-9-6-8(12)4-5-10(9)16(2)3/h4-7,11,15H,1-3H3. The summed E-state index contributed by atoms with van der Waals surface area (Å²) < 4.78 is 25.8. The van der Waals surface area contributed by atoms with E-state index in [0.29, 0.717) is 5.69 Å². The quantitative estimate of drug-likeness (QED) is 0.912. The first-order valence-corrected chi connectivity index (χ1v) is 5.72. The highest BCUT2D eigenvalue weighted by atomic mass is 79.9. The fourth-order valence-corrected chi connectivity index (χ4v) is 1.68. The fraction of sp³-hybridized carbons (Fsp3) is 0.455. The molecule has 0 aromatic heterocycles. The van der Waals surface area contributed by atoms with E-state index in [0.717, 1.165) is 10.2 Å². The summed E-state index contributed by atoms with van der Waals surface area (Å²) in [6.45, 7) is 1.46. The third-order valence-corrected chi connectivity index (χ3v) is 2.69. The van der Waals surface area contributed by atoms with Crippen LogP contribution in [0.1, 0.15) is 6.92 Å². The molecule has 16 heavy (non-hydrogen) atoms. The van der Waals surface area contributed by atoms with Crippen LogP contribution in [-0.2, 0) is 0 Å². The van der Waals surface area contributed by atoms with Gasteiger partial charge in [0.15, 0.2) is 0 Å². The predicted molar refractivity (Wildman–Crippen MR) is 67.6 cm³/mol. The van der Waals surface area contributed by atoms with E-state index in [2.05, 4.69) is 21.2 Å². The Hall–Kier alpha value is -0.840. The Morgan fingerprint density at radius 3 is 2.44 bits per heavy atom. The lowest BCUT2D eigenvalue weighted by Crippen LogP contribution is -2.25. The summed E-state index contributed by atoms with van der Waals surface area (Å²) in [6, 6.07) is 4.69. The molecule has 1 N–H and O–H groups in total. The summed E-state index contributed by atoms with van der Waals surface area (Å²) in [6.07, 6.45) is -2.38. The van der Waals surface area contributed by atoms with E-state index in [9.17, 15) is 8.78 Å². The van der Waals surface area contributed by atoms with Gasteiger partial charge in [-0.25, -0.2) is 8.78 Å². The summed E-state index contributed by atoms with van der Waals surface area (Å²) in [5, 5.41) is 2.81. The largest absolute Gasteiger partial charge is 0.376 e. The van der Waals surface area contributed by atoms with Gasteiger partial charge in [0.25, 0.3) is 6.43 Å². The van der Waals surface area contributed by atoms with Gasteiger partial charge in [0, 0.05) is 18.6 Å². The molecule has 0 aliphatic carbocycles. The first kappa shape index (κ1) is 13.2. The van der Waals surface area contributed by atoms with Crippen LogP contribution in [0.5, 0.6) is 0 Å². The molecule has 0 radical (unpaired) electrons. The van der Waals surface area contributed by atoms with Gasteiger partial charge in [-0.1, -0.05) is 15.9 Å². The van der Waals surface area contributed by atoms with Crippen LogP contribution in [0.25, 0.3) is 0 Å². The van der Waals surface area contributed by atoms with Crippen molar-refractivity contribution in [3.63, 3.8) is 0 Å². The molecule has 1 aromatic rings. The van der Waals surface area contributed by atoms with Crippen LogP contribution in [0.4, 0.5) is 20.2 Å². The van der Waals surface area contributed by atoms with Crippen molar-refractivity contribution < 1.29 is 8.78 Å². The lowest BCUT2D eigenvalue weighted by molar-refractivity contribution is 0.131. The van der Waals surface area contributed by atoms with E-state index < -0.39 is 12.5 Å². The van der Waals surface area contributed by atoms with Crippen molar-refractivity contribution in [3.05, 3.63) is 22.7 Å². The van der Waals surface area contributed by atoms with Crippen molar-refractivity contribution >= 4 is 27.3 Å². The molecule has 0 aliphatic heterocycles. The molecule has 1 unspecified atom stereocenters. The second-order valence-electron chi connectivity index (χ2n) is 3.82. The Labute approximate surface area is 103 Å². The van der Waals surface area contributed by atoms with Gasteiger partial charge in [0.05, 0.1) is 17.4 Å². The second-order valence-corrected chi connectivity index (χ2v) is 4.74. The minimum atomic E-state index is -2.38. The molecule has 1 rings (SSSR count).